The van der Waals surface area contributed by atoms with Crippen LogP contribution in [0.5, 0.6) is 0 Å². The van der Waals surface area contributed by atoms with E-state index >= 15 is 0 Å². The van der Waals surface area contributed by atoms with Gasteiger partial charge in [0.2, 0.25) is 0 Å². The minimum absolute atomic E-state index is 0.210. The lowest BCUT2D eigenvalue weighted by Gasteiger charge is -2.07. The number of carboxylic acid groups (broad SMARTS) is 1. The van der Waals surface area contributed by atoms with Crippen molar-refractivity contribution in [2.75, 3.05) is 5.73 Å². The van der Waals surface area contributed by atoms with Gasteiger partial charge in [0.05, 0.1) is 17.6 Å². The van der Waals surface area contributed by atoms with Crippen molar-refractivity contribution in [3.63, 3.8) is 0 Å². The number of rotatable bonds is 4. The van der Waals surface area contributed by atoms with Crippen molar-refractivity contribution in [3.8, 4) is 0 Å². The van der Waals surface area contributed by atoms with Gasteiger partial charge in [0.1, 0.15) is 12.1 Å². The second-order valence-electron chi connectivity index (χ2n) is 4.87. The summed E-state index contributed by atoms with van der Waals surface area (Å²) in [4.78, 5) is 18.9. The molecule has 0 amide bonds. The van der Waals surface area contributed by atoms with E-state index in [0.29, 0.717) is 32.3 Å². The zero-order valence-corrected chi connectivity index (χ0v) is 13.7. The number of fused-ring (bicyclic) bond motifs is 1. The van der Waals surface area contributed by atoms with Crippen molar-refractivity contribution in [2.45, 2.75) is 6.54 Å². The zero-order valence-electron chi connectivity index (χ0n) is 12.1. The molecule has 0 spiro atoms. The number of aliphatic carboxylic acids is 1. The highest BCUT2D eigenvalue weighted by Crippen LogP contribution is 2.28. The molecule has 2 aromatic heterocycles. The molecule has 3 aromatic rings. The second kappa shape index (κ2) is 6.46. The minimum atomic E-state index is -1.10. The van der Waals surface area contributed by atoms with E-state index in [0.717, 1.165) is 6.08 Å². The van der Waals surface area contributed by atoms with Gasteiger partial charge < -0.3 is 10.8 Å². The molecule has 0 atom stereocenters. The molecule has 3 rings (SSSR count). The molecule has 1 aromatic carbocycles. The largest absolute Gasteiger partial charge is 0.478 e. The smallest absolute Gasteiger partial charge is 0.328 e. The molecule has 0 aliphatic carbocycles. The summed E-state index contributed by atoms with van der Waals surface area (Å²) in [5.41, 5.74) is 7.39. The number of nitrogens with zero attached hydrogens (tertiary/aromatic N) is 4. The van der Waals surface area contributed by atoms with Crippen LogP contribution in [0.25, 0.3) is 17.1 Å². The molecule has 122 valence electrons. The highest BCUT2D eigenvalue weighted by Gasteiger charge is 2.16. The molecule has 9 heteroatoms. The fourth-order valence-electron chi connectivity index (χ4n) is 2.27. The van der Waals surface area contributed by atoms with Crippen LogP contribution in [0.4, 0.5) is 5.82 Å². The first-order chi connectivity index (χ1) is 11.5. The van der Waals surface area contributed by atoms with Crippen molar-refractivity contribution >= 4 is 52.1 Å². The maximum Gasteiger partial charge on any atom is 0.328 e. The van der Waals surface area contributed by atoms with E-state index in [-0.39, 0.29) is 12.4 Å². The van der Waals surface area contributed by atoms with Crippen LogP contribution in [0.2, 0.25) is 10.0 Å². The molecule has 0 unspecified atom stereocenters. The third-order valence-corrected chi connectivity index (χ3v) is 4.05. The third kappa shape index (κ3) is 3.04. The van der Waals surface area contributed by atoms with E-state index in [1.807, 2.05) is 0 Å². The lowest BCUT2D eigenvalue weighted by Crippen LogP contribution is -2.04. The molecule has 3 N–H and O–H groups in total. The standard InChI is InChI=1S/C15H11Cl2N5O2/c16-9-2-1-3-10(17)8(9)6-22-15-13(14(18)19-7-20-15)11(21-22)4-5-12(23)24/h1-5,7H,6H2,(H,23,24)(H2,18,19,20)/b5-4+. The maximum atomic E-state index is 10.8. The molecule has 0 radical (unpaired) electrons. The van der Waals surface area contributed by atoms with Gasteiger partial charge in [-0.25, -0.2) is 19.4 Å². The number of anilines is 1. The summed E-state index contributed by atoms with van der Waals surface area (Å²) >= 11 is 12.4. The summed E-state index contributed by atoms with van der Waals surface area (Å²) in [7, 11) is 0. The van der Waals surface area contributed by atoms with Crippen LogP contribution in [0.1, 0.15) is 11.3 Å². The number of nitrogens with two attached hydrogens (primary N) is 1. The van der Waals surface area contributed by atoms with Crippen LogP contribution in [0, 0.1) is 0 Å². The van der Waals surface area contributed by atoms with Gasteiger partial charge in [-0.1, -0.05) is 29.3 Å². The SMILES string of the molecule is Nc1ncnc2c1c(/C=C/C(=O)O)nn2Cc1c(Cl)cccc1Cl. The van der Waals surface area contributed by atoms with Crippen LogP contribution >= 0.6 is 23.2 Å². The molecular formula is C15H11Cl2N5O2. The van der Waals surface area contributed by atoms with Gasteiger partial charge in [-0.15, -0.1) is 0 Å². The average molecular weight is 364 g/mol. The molecule has 0 bridgehead atoms. The number of carboxylic acids is 1. The Balaban J connectivity index is 2.15. The van der Waals surface area contributed by atoms with Gasteiger partial charge in [0, 0.05) is 21.7 Å². The molecule has 0 aliphatic heterocycles. The van der Waals surface area contributed by atoms with Crippen molar-refractivity contribution in [1.29, 1.82) is 0 Å². The predicted octanol–water partition coefficient (Wildman–Crippen LogP) is 2.86. The Morgan fingerprint density at radius 3 is 2.67 bits per heavy atom. The number of nitrogen functional groups attached to an aromatic ring is 1. The van der Waals surface area contributed by atoms with Gasteiger partial charge in [-0.05, 0) is 18.2 Å². The number of hydrogen-bond acceptors (Lipinski definition) is 5. The van der Waals surface area contributed by atoms with Crippen LogP contribution in [-0.2, 0) is 11.3 Å². The molecule has 0 aliphatic rings. The molecule has 24 heavy (non-hydrogen) atoms. The molecule has 0 saturated heterocycles. The highest BCUT2D eigenvalue weighted by atomic mass is 35.5. The monoisotopic (exact) mass is 363 g/mol. The van der Waals surface area contributed by atoms with Crippen LogP contribution in [0.15, 0.2) is 30.6 Å². The van der Waals surface area contributed by atoms with Crippen LogP contribution < -0.4 is 5.73 Å². The van der Waals surface area contributed by atoms with E-state index in [2.05, 4.69) is 15.1 Å². The first-order valence-corrected chi connectivity index (χ1v) is 7.54. The topological polar surface area (TPSA) is 107 Å². The lowest BCUT2D eigenvalue weighted by molar-refractivity contribution is -0.131. The number of carbonyl (C=O) groups is 1. The fourth-order valence-corrected chi connectivity index (χ4v) is 2.79. The minimum Gasteiger partial charge on any atom is -0.478 e. The molecule has 0 saturated carbocycles. The van der Waals surface area contributed by atoms with Crippen molar-refractivity contribution in [1.82, 2.24) is 19.7 Å². The van der Waals surface area contributed by atoms with E-state index in [4.69, 9.17) is 34.0 Å². The van der Waals surface area contributed by atoms with Gasteiger partial charge in [-0.2, -0.15) is 5.10 Å². The summed E-state index contributed by atoms with van der Waals surface area (Å²) in [6, 6.07) is 5.20. The predicted molar refractivity (Wildman–Crippen MR) is 92.0 cm³/mol. The average Bonchev–Trinajstić information content (AvgIpc) is 2.88. The summed E-state index contributed by atoms with van der Waals surface area (Å²) in [5.74, 6) is -0.885. The molecular weight excluding hydrogens is 353 g/mol. The highest BCUT2D eigenvalue weighted by molar-refractivity contribution is 6.36. The second-order valence-corrected chi connectivity index (χ2v) is 5.69. The summed E-state index contributed by atoms with van der Waals surface area (Å²) in [6.07, 6.45) is 3.63. The number of benzene rings is 1. The number of hydrogen-bond donors (Lipinski definition) is 2. The molecule has 2 heterocycles. The van der Waals surface area contributed by atoms with Gasteiger partial charge >= 0.3 is 5.97 Å². The van der Waals surface area contributed by atoms with Crippen molar-refractivity contribution in [2.24, 2.45) is 0 Å². The van der Waals surface area contributed by atoms with Crippen LogP contribution in [-0.4, -0.2) is 30.8 Å². The zero-order chi connectivity index (χ0) is 17.3. The molecule has 0 fully saturated rings. The van der Waals surface area contributed by atoms with Gasteiger partial charge in [-0.3, -0.25) is 0 Å². The number of aromatic nitrogens is 4. The third-order valence-electron chi connectivity index (χ3n) is 3.34. The number of halogens is 2. The Kier molecular flexibility index (Phi) is 4.37. The first-order valence-electron chi connectivity index (χ1n) is 6.78. The van der Waals surface area contributed by atoms with E-state index in [9.17, 15) is 4.79 Å². The van der Waals surface area contributed by atoms with E-state index in [1.54, 1.807) is 22.9 Å². The Morgan fingerprint density at radius 1 is 1.29 bits per heavy atom. The summed E-state index contributed by atoms with van der Waals surface area (Å²) in [6.45, 7) is 0.256. The van der Waals surface area contributed by atoms with E-state index in [1.165, 1.54) is 12.4 Å². The first kappa shape index (κ1) is 16.2. The van der Waals surface area contributed by atoms with Crippen molar-refractivity contribution in [3.05, 3.63) is 51.9 Å². The lowest BCUT2D eigenvalue weighted by atomic mass is 10.2. The van der Waals surface area contributed by atoms with Crippen molar-refractivity contribution < 1.29 is 9.90 Å². The quantitative estimate of drug-likeness (QED) is 0.690. The van der Waals surface area contributed by atoms with E-state index < -0.39 is 5.97 Å². The summed E-state index contributed by atoms with van der Waals surface area (Å²) in [5, 5.41) is 14.6. The summed E-state index contributed by atoms with van der Waals surface area (Å²) < 4.78 is 1.56. The fraction of sp³-hybridized carbons (Fsp3) is 0.0667. The van der Waals surface area contributed by atoms with Crippen LogP contribution in [0.3, 0.4) is 0 Å². The molecule has 7 nitrogen and oxygen atoms in total. The Hall–Kier alpha value is -2.64. The Labute approximate surface area is 146 Å². The maximum absolute atomic E-state index is 10.8. The normalized spacial score (nSPS) is 11.4. The Morgan fingerprint density at radius 2 is 2.00 bits per heavy atom. The van der Waals surface area contributed by atoms with Gasteiger partial charge in [0.25, 0.3) is 0 Å². The van der Waals surface area contributed by atoms with Gasteiger partial charge in [0.15, 0.2) is 5.65 Å². The Bertz CT molecular complexity index is 948.